The van der Waals surface area contributed by atoms with Crippen LogP contribution in [0.15, 0.2) is 42.5 Å². The standard InChI is InChI=1S/C22H30N2O5S/c1-6-19(24(30(5,26)27)18-10-7-16(2)8-11-18)22(25)23-14-13-17-9-12-20(28-3)21(15-17)29-4/h7-12,15,19H,6,13-14H2,1-5H3,(H,23,25)/t19-/m1/s1. The largest absolute Gasteiger partial charge is 0.493 e. The maximum absolute atomic E-state index is 12.9. The first-order valence-corrected chi connectivity index (χ1v) is 11.6. The van der Waals surface area contributed by atoms with Crippen LogP contribution in [0.3, 0.4) is 0 Å². The number of anilines is 1. The van der Waals surface area contributed by atoms with Gasteiger partial charge in [0.15, 0.2) is 11.5 Å². The fraction of sp³-hybridized carbons (Fsp3) is 0.409. The summed E-state index contributed by atoms with van der Waals surface area (Å²) in [6, 6.07) is 11.8. The van der Waals surface area contributed by atoms with Gasteiger partial charge in [0.1, 0.15) is 6.04 Å². The molecule has 1 N–H and O–H groups in total. The van der Waals surface area contributed by atoms with Crippen molar-refractivity contribution in [1.82, 2.24) is 5.32 Å². The van der Waals surface area contributed by atoms with Gasteiger partial charge in [-0.05, 0) is 49.6 Å². The number of hydrogen-bond acceptors (Lipinski definition) is 5. The molecule has 0 aliphatic heterocycles. The average Bonchev–Trinajstić information content (AvgIpc) is 2.71. The Morgan fingerprint density at radius 3 is 2.23 bits per heavy atom. The van der Waals surface area contributed by atoms with Crippen molar-refractivity contribution in [2.24, 2.45) is 0 Å². The number of ether oxygens (including phenoxy) is 2. The lowest BCUT2D eigenvalue weighted by Gasteiger charge is -2.30. The lowest BCUT2D eigenvalue weighted by Crippen LogP contribution is -2.49. The first kappa shape index (κ1) is 23.5. The third-order valence-electron chi connectivity index (χ3n) is 4.78. The lowest BCUT2D eigenvalue weighted by atomic mass is 10.1. The molecule has 30 heavy (non-hydrogen) atoms. The molecule has 7 nitrogen and oxygen atoms in total. The van der Waals surface area contributed by atoms with Gasteiger partial charge in [0.05, 0.1) is 26.2 Å². The van der Waals surface area contributed by atoms with Gasteiger partial charge in [-0.3, -0.25) is 9.10 Å². The predicted octanol–water partition coefficient (Wildman–Crippen LogP) is 2.92. The molecule has 8 heteroatoms. The number of benzene rings is 2. The number of carbonyl (C=O) groups is 1. The summed E-state index contributed by atoms with van der Waals surface area (Å²) in [6.07, 6.45) is 2.04. The molecule has 0 aliphatic carbocycles. The van der Waals surface area contributed by atoms with E-state index in [2.05, 4.69) is 5.32 Å². The molecule has 1 amide bonds. The molecule has 0 aromatic heterocycles. The Bertz CT molecular complexity index is 958. The number of amides is 1. The molecule has 2 rings (SSSR count). The van der Waals surface area contributed by atoms with Gasteiger partial charge in [-0.15, -0.1) is 0 Å². The van der Waals surface area contributed by atoms with Crippen LogP contribution >= 0.6 is 0 Å². The summed E-state index contributed by atoms with van der Waals surface area (Å²) in [5.74, 6) is 0.928. The van der Waals surface area contributed by atoms with Gasteiger partial charge in [-0.25, -0.2) is 8.42 Å². The molecule has 164 valence electrons. The van der Waals surface area contributed by atoms with Crippen molar-refractivity contribution in [2.75, 3.05) is 31.3 Å². The molecular weight excluding hydrogens is 404 g/mol. The summed E-state index contributed by atoms with van der Waals surface area (Å²) < 4.78 is 36.7. The summed E-state index contributed by atoms with van der Waals surface area (Å²) in [6.45, 7) is 4.09. The number of rotatable bonds is 10. The molecule has 2 aromatic carbocycles. The van der Waals surface area contributed by atoms with Crippen LogP contribution in [-0.2, 0) is 21.2 Å². The zero-order valence-electron chi connectivity index (χ0n) is 18.1. The van der Waals surface area contributed by atoms with Crippen molar-refractivity contribution in [3.63, 3.8) is 0 Å². The van der Waals surface area contributed by atoms with Gasteiger partial charge in [0.25, 0.3) is 0 Å². The second-order valence-electron chi connectivity index (χ2n) is 7.05. The van der Waals surface area contributed by atoms with Gasteiger partial charge in [-0.1, -0.05) is 30.7 Å². The minimum absolute atomic E-state index is 0.330. The number of nitrogens with zero attached hydrogens (tertiary/aromatic N) is 1. The molecule has 0 saturated carbocycles. The Labute approximate surface area is 179 Å². The highest BCUT2D eigenvalue weighted by Crippen LogP contribution is 2.27. The molecule has 0 fully saturated rings. The Balaban J connectivity index is 2.11. The summed E-state index contributed by atoms with van der Waals surface area (Å²) >= 11 is 0. The van der Waals surface area contributed by atoms with Gasteiger partial charge in [-0.2, -0.15) is 0 Å². The maximum Gasteiger partial charge on any atom is 0.243 e. The highest BCUT2D eigenvalue weighted by molar-refractivity contribution is 7.92. The summed E-state index contributed by atoms with van der Waals surface area (Å²) in [4.78, 5) is 12.9. The monoisotopic (exact) mass is 434 g/mol. The van der Waals surface area contributed by atoms with Crippen LogP contribution in [0.5, 0.6) is 11.5 Å². The Hall–Kier alpha value is -2.74. The molecule has 1 atom stereocenters. The Kier molecular flexibility index (Phi) is 8.11. The van der Waals surface area contributed by atoms with E-state index in [0.717, 1.165) is 17.4 Å². The van der Waals surface area contributed by atoms with Crippen molar-refractivity contribution < 1.29 is 22.7 Å². The van der Waals surface area contributed by atoms with E-state index in [1.54, 1.807) is 33.3 Å². The Morgan fingerprint density at radius 2 is 1.70 bits per heavy atom. The molecule has 0 unspecified atom stereocenters. The minimum atomic E-state index is -3.64. The van der Waals surface area contributed by atoms with E-state index >= 15 is 0 Å². The third-order valence-corrected chi connectivity index (χ3v) is 5.96. The van der Waals surface area contributed by atoms with Crippen LogP contribution < -0.4 is 19.1 Å². The number of nitrogens with one attached hydrogen (secondary N) is 1. The van der Waals surface area contributed by atoms with E-state index < -0.39 is 16.1 Å². The van der Waals surface area contributed by atoms with Crippen LogP contribution in [0.4, 0.5) is 5.69 Å². The van der Waals surface area contributed by atoms with Gasteiger partial charge in [0, 0.05) is 6.54 Å². The van der Waals surface area contributed by atoms with E-state index in [1.165, 1.54) is 4.31 Å². The zero-order chi connectivity index (χ0) is 22.3. The number of aryl methyl sites for hydroxylation is 1. The quantitative estimate of drug-likeness (QED) is 0.622. The van der Waals surface area contributed by atoms with E-state index in [0.29, 0.717) is 36.6 Å². The van der Waals surface area contributed by atoms with Crippen molar-refractivity contribution in [3.8, 4) is 11.5 Å². The predicted molar refractivity (Wildman–Crippen MR) is 119 cm³/mol. The molecule has 0 saturated heterocycles. The summed E-state index contributed by atoms with van der Waals surface area (Å²) in [5.41, 5.74) is 2.46. The molecule has 0 aliphatic rings. The van der Waals surface area contributed by atoms with E-state index in [4.69, 9.17) is 9.47 Å². The number of methoxy groups -OCH3 is 2. The van der Waals surface area contributed by atoms with Crippen molar-refractivity contribution in [2.45, 2.75) is 32.7 Å². The van der Waals surface area contributed by atoms with Gasteiger partial charge >= 0.3 is 0 Å². The van der Waals surface area contributed by atoms with Crippen LogP contribution in [-0.4, -0.2) is 47.4 Å². The molecule has 0 heterocycles. The SMILES string of the molecule is CC[C@H](C(=O)NCCc1ccc(OC)c(OC)c1)N(c1ccc(C)cc1)S(C)(=O)=O. The van der Waals surface area contributed by atoms with E-state index in [9.17, 15) is 13.2 Å². The van der Waals surface area contributed by atoms with Crippen LogP contribution in [0.2, 0.25) is 0 Å². The highest BCUT2D eigenvalue weighted by Gasteiger charge is 2.31. The lowest BCUT2D eigenvalue weighted by molar-refractivity contribution is -0.122. The fourth-order valence-electron chi connectivity index (χ4n) is 3.24. The van der Waals surface area contributed by atoms with Gasteiger partial charge in [0.2, 0.25) is 15.9 Å². The highest BCUT2D eigenvalue weighted by atomic mass is 32.2. The first-order chi connectivity index (χ1) is 14.2. The first-order valence-electron chi connectivity index (χ1n) is 9.76. The van der Waals surface area contributed by atoms with Crippen molar-refractivity contribution in [3.05, 3.63) is 53.6 Å². The van der Waals surface area contributed by atoms with Crippen LogP contribution in [0.1, 0.15) is 24.5 Å². The number of carbonyl (C=O) groups excluding carboxylic acids is 1. The molecule has 0 bridgehead atoms. The fourth-order valence-corrected chi connectivity index (χ4v) is 4.45. The van der Waals surface area contributed by atoms with Crippen molar-refractivity contribution in [1.29, 1.82) is 0 Å². The second-order valence-corrected chi connectivity index (χ2v) is 8.91. The summed E-state index contributed by atoms with van der Waals surface area (Å²) in [7, 11) is -0.496. The van der Waals surface area contributed by atoms with Crippen LogP contribution in [0, 0.1) is 6.92 Å². The third kappa shape index (κ3) is 5.89. The van der Waals surface area contributed by atoms with Crippen LogP contribution in [0.25, 0.3) is 0 Å². The Morgan fingerprint density at radius 1 is 1.07 bits per heavy atom. The topological polar surface area (TPSA) is 84.9 Å². The van der Waals surface area contributed by atoms with Crippen molar-refractivity contribution >= 4 is 21.6 Å². The number of sulfonamides is 1. The van der Waals surface area contributed by atoms with E-state index in [1.807, 2.05) is 37.3 Å². The normalized spacial score (nSPS) is 12.2. The smallest absolute Gasteiger partial charge is 0.243 e. The van der Waals surface area contributed by atoms with Gasteiger partial charge < -0.3 is 14.8 Å². The molecule has 0 radical (unpaired) electrons. The number of hydrogen-bond donors (Lipinski definition) is 1. The molecule has 2 aromatic rings. The molecular formula is C22H30N2O5S. The summed E-state index contributed by atoms with van der Waals surface area (Å²) in [5, 5.41) is 2.86. The zero-order valence-corrected chi connectivity index (χ0v) is 19.0. The minimum Gasteiger partial charge on any atom is -0.493 e. The molecule has 0 spiro atoms. The average molecular weight is 435 g/mol. The second kappa shape index (κ2) is 10.3. The maximum atomic E-state index is 12.9. The van der Waals surface area contributed by atoms with E-state index in [-0.39, 0.29) is 5.91 Å².